The Balaban J connectivity index is 1.75. The highest BCUT2D eigenvalue weighted by Crippen LogP contribution is 2.21. The van der Waals surface area contributed by atoms with Crippen molar-refractivity contribution in [2.75, 3.05) is 5.32 Å². The molecule has 0 spiro atoms. The van der Waals surface area contributed by atoms with Gasteiger partial charge in [-0.2, -0.15) is 0 Å². The van der Waals surface area contributed by atoms with Gasteiger partial charge in [0.1, 0.15) is 17.1 Å². The summed E-state index contributed by atoms with van der Waals surface area (Å²) in [7, 11) is 0. The molecule has 0 fully saturated rings. The number of furan rings is 1. The molecule has 124 valence electrons. The van der Waals surface area contributed by atoms with Crippen LogP contribution in [0.1, 0.15) is 34.7 Å². The molecule has 0 aliphatic carbocycles. The number of pyridine rings is 1. The van der Waals surface area contributed by atoms with Gasteiger partial charge in [0.2, 0.25) is 0 Å². The minimum atomic E-state index is -0.386. The SMILES string of the molecule is CCc1noc(C)c1NC(=O)c1ccc(Cn2ccccc2=O)o1. The highest BCUT2D eigenvalue weighted by molar-refractivity contribution is 6.02. The van der Waals surface area contributed by atoms with Crippen LogP contribution in [0.5, 0.6) is 0 Å². The molecular weight excluding hydrogens is 310 g/mol. The number of carbonyl (C=O) groups is 1. The maximum atomic E-state index is 12.3. The van der Waals surface area contributed by atoms with Gasteiger partial charge >= 0.3 is 0 Å². The quantitative estimate of drug-likeness (QED) is 0.778. The van der Waals surface area contributed by atoms with E-state index in [2.05, 4.69) is 10.5 Å². The summed E-state index contributed by atoms with van der Waals surface area (Å²) < 4.78 is 12.1. The summed E-state index contributed by atoms with van der Waals surface area (Å²) in [6, 6.07) is 8.16. The molecule has 1 amide bonds. The van der Waals surface area contributed by atoms with Crippen LogP contribution in [0.15, 0.2) is 50.3 Å². The molecule has 0 saturated heterocycles. The van der Waals surface area contributed by atoms with Crippen molar-refractivity contribution in [3.63, 3.8) is 0 Å². The number of carbonyl (C=O) groups excluding carboxylic acids is 1. The molecule has 0 aliphatic heterocycles. The monoisotopic (exact) mass is 327 g/mol. The second-order valence-corrected chi connectivity index (χ2v) is 5.30. The van der Waals surface area contributed by atoms with E-state index in [0.717, 1.165) is 0 Å². The molecule has 3 aromatic heterocycles. The van der Waals surface area contributed by atoms with Gasteiger partial charge < -0.3 is 18.8 Å². The van der Waals surface area contributed by atoms with Gasteiger partial charge in [-0.1, -0.05) is 18.1 Å². The lowest BCUT2D eigenvalue weighted by molar-refractivity contribution is 0.0994. The van der Waals surface area contributed by atoms with Gasteiger partial charge in [0.25, 0.3) is 11.5 Å². The third-order valence-corrected chi connectivity index (χ3v) is 3.62. The van der Waals surface area contributed by atoms with Crippen LogP contribution < -0.4 is 10.9 Å². The van der Waals surface area contributed by atoms with Crippen molar-refractivity contribution in [1.82, 2.24) is 9.72 Å². The minimum Gasteiger partial charge on any atom is -0.454 e. The minimum absolute atomic E-state index is 0.132. The highest BCUT2D eigenvalue weighted by atomic mass is 16.5. The number of nitrogens with zero attached hydrogens (tertiary/aromatic N) is 2. The van der Waals surface area contributed by atoms with Crippen LogP contribution in [0.4, 0.5) is 5.69 Å². The van der Waals surface area contributed by atoms with Gasteiger partial charge in [0, 0.05) is 12.3 Å². The number of rotatable bonds is 5. The number of aryl methyl sites for hydroxylation is 2. The molecule has 0 unspecified atom stereocenters. The maximum Gasteiger partial charge on any atom is 0.291 e. The summed E-state index contributed by atoms with van der Waals surface area (Å²) >= 11 is 0. The average molecular weight is 327 g/mol. The molecule has 3 aromatic rings. The van der Waals surface area contributed by atoms with Crippen LogP contribution >= 0.6 is 0 Å². The molecule has 0 radical (unpaired) electrons. The average Bonchev–Trinajstić information content (AvgIpc) is 3.17. The Hall–Kier alpha value is -3.09. The van der Waals surface area contributed by atoms with E-state index in [0.29, 0.717) is 29.3 Å². The molecule has 0 aliphatic rings. The predicted molar refractivity (Wildman–Crippen MR) is 87.1 cm³/mol. The normalized spacial score (nSPS) is 10.8. The van der Waals surface area contributed by atoms with E-state index in [-0.39, 0.29) is 23.8 Å². The summed E-state index contributed by atoms with van der Waals surface area (Å²) in [5.74, 6) is 0.841. The lowest BCUT2D eigenvalue weighted by atomic mass is 10.2. The summed E-state index contributed by atoms with van der Waals surface area (Å²) in [5, 5.41) is 6.65. The number of hydrogen-bond acceptors (Lipinski definition) is 5. The van der Waals surface area contributed by atoms with Crippen molar-refractivity contribution >= 4 is 11.6 Å². The van der Waals surface area contributed by atoms with Crippen LogP contribution in [0.3, 0.4) is 0 Å². The lowest BCUT2D eigenvalue weighted by Crippen LogP contribution is -2.18. The van der Waals surface area contributed by atoms with Gasteiger partial charge in [0.05, 0.1) is 6.54 Å². The van der Waals surface area contributed by atoms with Crippen LogP contribution in [0.25, 0.3) is 0 Å². The fourth-order valence-electron chi connectivity index (χ4n) is 2.34. The van der Waals surface area contributed by atoms with Crippen molar-refractivity contribution in [3.8, 4) is 0 Å². The first-order valence-corrected chi connectivity index (χ1v) is 7.59. The first kappa shape index (κ1) is 15.8. The summed E-state index contributed by atoms with van der Waals surface area (Å²) in [6.45, 7) is 3.92. The Labute approximate surface area is 137 Å². The molecule has 1 N–H and O–H groups in total. The highest BCUT2D eigenvalue weighted by Gasteiger charge is 2.17. The number of hydrogen-bond donors (Lipinski definition) is 1. The van der Waals surface area contributed by atoms with E-state index >= 15 is 0 Å². The van der Waals surface area contributed by atoms with Crippen molar-refractivity contribution in [2.45, 2.75) is 26.8 Å². The molecule has 3 rings (SSSR count). The standard InChI is InChI=1S/C17H17N3O4/c1-3-13-16(11(2)24-19-13)18-17(22)14-8-7-12(23-14)10-20-9-5-4-6-15(20)21/h4-9H,3,10H2,1-2H3,(H,18,22). The van der Waals surface area contributed by atoms with Gasteiger partial charge in [-0.25, -0.2) is 0 Å². The number of amides is 1. The van der Waals surface area contributed by atoms with Gasteiger partial charge in [-0.05, 0) is 31.5 Å². The molecular formula is C17H17N3O4. The van der Waals surface area contributed by atoms with Crippen LogP contribution in [0, 0.1) is 6.92 Å². The van der Waals surface area contributed by atoms with E-state index in [9.17, 15) is 9.59 Å². The number of nitrogens with one attached hydrogen (secondary N) is 1. The largest absolute Gasteiger partial charge is 0.454 e. The van der Waals surface area contributed by atoms with E-state index in [4.69, 9.17) is 8.94 Å². The third-order valence-electron chi connectivity index (χ3n) is 3.62. The van der Waals surface area contributed by atoms with Crippen molar-refractivity contribution in [2.24, 2.45) is 0 Å². The predicted octanol–water partition coefficient (Wildman–Crippen LogP) is 2.60. The number of anilines is 1. The first-order valence-electron chi connectivity index (χ1n) is 7.59. The van der Waals surface area contributed by atoms with Crippen LogP contribution in [-0.4, -0.2) is 15.6 Å². The fourth-order valence-corrected chi connectivity index (χ4v) is 2.34. The Kier molecular flexibility index (Phi) is 4.33. The van der Waals surface area contributed by atoms with E-state index in [1.807, 2.05) is 6.92 Å². The van der Waals surface area contributed by atoms with Crippen molar-refractivity contribution in [3.05, 3.63) is 69.9 Å². The number of aromatic nitrogens is 2. The van der Waals surface area contributed by atoms with Crippen molar-refractivity contribution in [1.29, 1.82) is 0 Å². The fraction of sp³-hybridized carbons (Fsp3) is 0.235. The van der Waals surface area contributed by atoms with Gasteiger partial charge in [-0.15, -0.1) is 0 Å². The van der Waals surface area contributed by atoms with Gasteiger partial charge in [-0.3, -0.25) is 9.59 Å². The third kappa shape index (κ3) is 3.15. The van der Waals surface area contributed by atoms with Crippen LogP contribution in [-0.2, 0) is 13.0 Å². The summed E-state index contributed by atoms with van der Waals surface area (Å²) in [5.41, 5.74) is 1.12. The Bertz CT molecular complexity index is 920. The molecule has 24 heavy (non-hydrogen) atoms. The molecule has 0 aromatic carbocycles. The second-order valence-electron chi connectivity index (χ2n) is 5.30. The Morgan fingerprint density at radius 2 is 2.12 bits per heavy atom. The molecule has 7 nitrogen and oxygen atoms in total. The molecule has 0 atom stereocenters. The van der Waals surface area contributed by atoms with E-state index in [1.54, 1.807) is 37.4 Å². The Morgan fingerprint density at radius 3 is 2.88 bits per heavy atom. The molecule has 0 bridgehead atoms. The zero-order chi connectivity index (χ0) is 17.1. The van der Waals surface area contributed by atoms with E-state index in [1.165, 1.54) is 10.6 Å². The van der Waals surface area contributed by atoms with Gasteiger partial charge in [0.15, 0.2) is 11.5 Å². The zero-order valence-electron chi connectivity index (χ0n) is 13.4. The molecule has 0 saturated carbocycles. The summed E-state index contributed by atoms with van der Waals surface area (Å²) in [6.07, 6.45) is 2.31. The maximum absolute atomic E-state index is 12.3. The molecule has 7 heteroatoms. The van der Waals surface area contributed by atoms with Crippen molar-refractivity contribution < 1.29 is 13.7 Å². The molecule has 3 heterocycles. The van der Waals surface area contributed by atoms with Crippen LogP contribution in [0.2, 0.25) is 0 Å². The smallest absolute Gasteiger partial charge is 0.291 e. The zero-order valence-corrected chi connectivity index (χ0v) is 13.4. The second kappa shape index (κ2) is 6.57. The first-order chi connectivity index (χ1) is 11.6. The summed E-state index contributed by atoms with van der Waals surface area (Å²) in [4.78, 5) is 24.0. The van der Waals surface area contributed by atoms with E-state index < -0.39 is 0 Å². The lowest BCUT2D eigenvalue weighted by Gasteiger charge is -2.03. The topological polar surface area (TPSA) is 90.3 Å². The Morgan fingerprint density at radius 1 is 1.29 bits per heavy atom.